The second-order valence-electron chi connectivity index (χ2n) is 8.52. The summed E-state index contributed by atoms with van der Waals surface area (Å²) in [5, 5.41) is 12.2. The molecule has 0 saturated heterocycles. The van der Waals surface area contributed by atoms with Gasteiger partial charge in [0.05, 0.1) is 6.04 Å². The summed E-state index contributed by atoms with van der Waals surface area (Å²) in [6.45, 7) is -0.361. The normalized spacial score (nSPS) is 15.8. The fraction of sp³-hybridized carbons (Fsp3) is 0.286. The van der Waals surface area contributed by atoms with Gasteiger partial charge in [0.1, 0.15) is 5.75 Å². The molecule has 0 bridgehead atoms. The predicted octanol–water partition coefficient (Wildman–Crippen LogP) is 5.06. The number of carboxylic acids is 1. The molecule has 0 aromatic heterocycles. The van der Waals surface area contributed by atoms with Crippen molar-refractivity contribution in [2.75, 3.05) is 6.61 Å². The molecule has 1 amide bonds. The monoisotopic (exact) mass is 443 g/mol. The lowest BCUT2D eigenvalue weighted by Gasteiger charge is -2.28. The third-order valence-electron chi connectivity index (χ3n) is 6.19. The van der Waals surface area contributed by atoms with Crippen molar-refractivity contribution in [2.45, 2.75) is 44.1 Å². The Bertz CT molecular complexity index is 1080. The number of nitrogens with one attached hydrogen (secondary N) is 1. The van der Waals surface area contributed by atoms with E-state index in [1.807, 2.05) is 54.6 Å². The SMILES string of the molecule is O=C(O)COc1cccc2c1CCCC2CC(=O)NC(Cc1ccccc1)c1ccccc1. The summed E-state index contributed by atoms with van der Waals surface area (Å²) in [7, 11) is 0. The minimum Gasteiger partial charge on any atom is -0.482 e. The smallest absolute Gasteiger partial charge is 0.341 e. The molecule has 0 heterocycles. The lowest BCUT2D eigenvalue weighted by Crippen LogP contribution is -2.31. The van der Waals surface area contributed by atoms with Crippen LogP contribution in [0.1, 0.15) is 53.5 Å². The van der Waals surface area contributed by atoms with Crippen molar-refractivity contribution in [1.82, 2.24) is 5.32 Å². The summed E-state index contributed by atoms with van der Waals surface area (Å²) in [5.41, 5.74) is 4.39. The van der Waals surface area contributed by atoms with Gasteiger partial charge in [0.15, 0.2) is 6.61 Å². The summed E-state index contributed by atoms with van der Waals surface area (Å²) in [4.78, 5) is 24.1. The van der Waals surface area contributed by atoms with E-state index in [4.69, 9.17) is 9.84 Å². The van der Waals surface area contributed by atoms with Crippen molar-refractivity contribution in [1.29, 1.82) is 0 Å². The van der Waals surface area contributed by atoms with Gasteiger partial charge in [0.2, 0.25) is 5.91 Å². The third kappa shape index (κ3) is 6.01. The maximum absolute atomic E-state index is 13.2. The fourth-order valence-electron chi connectivity index (χ4n) is 4.66. The van der Waals surface area contributed by atoms with Crippen LogP contribution in [0.3, 0.4) is 0 Å². The number of hydrogen-bond donors (Lipinski definition) is 2. The van der Waals surface area contributed by atoms with Crippen LogP contribution in [0.4, 0.5) is 0 Å². The minimum atomic E-state index is -0.996. The number of hydrogen-bond acceptors (Lipinski definition) is 3. The maximum Gasteiger partial charge on any atom is 0.341 e. The van der Waals surface area contributed by atoms with Crippen LogP contribution in [0.5, 0.6) is 5.75 Å². The molecule has 170 valence electrons. The van der Waals surface area contributed by atoms with Gasteiger partial charge in [-0.15, -0.1) is 0 Å². The average Bonchev–Trinajstić information content (AvgIpc) is 2.84. The largest absolute Gasteiger partial charge is 0.482 e. The highest BCUT2D eigenvalue weighted by Gasteiger charge is 2.26. The molecule has 0 saturated carbocycles. The molecule has 0 spiro atoms. The van der Waals surface area contributed by atoms with Gasteiger partial charge >= 0.3 is 5.97 Å². The van der Waals surface area contributed by atoms with E-state index >= 15 is 0 Å². The van der Waals surface area contributed by atoms with Gasteiger partial charge < -0.3 is 15.2 Å². The molecule has 2 unspecified atom stereocenters. The molecule has 4 rings (SSSR count). The van der Waals surface area contributed by atoms with Gasteiger partial charge in [-0.25, -0.2) is 4.79 Å². The quantitative estimate of drug-likeness (QED) is 0.485. The molecular formula is C28H29NO4. The summed E-state index contributed by atoms with van der Waals surface area (Å²) in [5.74, 6) is -0.263. The maximum atomic E-state index is 13.2. The number of ether oxygens (including phenoxy) is 1. The van der Waals surface area contributed by atoms with Gasteiger partial charge in [-0.3, -0.25) is 4.79 Å². The standard InChI is InChI=1S/C28H29NO4/c30-27(29-25(21-11-5-2-6-12-21)17-20-9-3-1-4-10-20)18-22-13-7-15-24-23(22)14-8-16-26(24)33-19-28(31)32/h1-6,8-12,14,16,22,25H,7,13,15,17-19H2,(H,29,30)(H,31,32). The van der Waals surface area contributed by atoms with Crippen molar-refractivity contribution >= 4 is 11.9 Å². The number of rotatable bonds is 9. The van der Waals surface area contributed by atoms with E-state index < -0.39 is 5.97 Å². The van der Waals surface area contributed by atoms with E-state index in [9.17, 15) is 9.59 Å². The lowest BCUT2D eigenvalue weighted by atomic mass is 9.80. The molecule has 1 aliphatic carbocycles. The van der Waals surface area contributed by atoms with Crippen molar-refractivity contribution in [3.63, 3.8) is 0 Å². The summed E-state index contributed by atoms with van der Waals surface area (Å²) < 4.78 is 5.51. The first-order valence-corrected chi connectivity index (χ1v) is 11.4. The molecule has 2 atom stereocenters. The van der Waals surface area contributed by atoms with E-state index in [0.29, 0.717) is 12.2 Å². The highest BCUT2D eigenvalue weighted by atomic mass is 16.5. The predicted molar refractivity (Wildman–Crippen MR) is 127 cm³/mol. The molecule has 1 aliphatic rings. The summed E-state index contributed by atoms with van der Waals surface area (Å²) in [6, 6.07) is 25.9. The van der Waals surface area contributed by atoms with E-state index in [1.54, 1.807) is 0 Å². The first-order chi connectivity index (χ1) is 16.1. The molecule has 2 N–H and O–H groups in total. The van der Waals surface area contributed by atoms with E-state index in [2.05, 4.69) is 29.6 Å². The zero-order valence-electron chi connectivity index (χ0n) is 18.6. The molecular weight excluding hydrogens is 414 g/mol. The van der Waals surface area contributed by atoms with Crippen molar-refractivity contribution in [3.8, 4) is 5.75 Å². The van der Waals surface area contributed by atoms with Crippen LogP contribution in [0.15, 0.2) is 78.9 Å². The Morgan fingerprint density at radius 1 is 0.970 bits per heavy atom. The Kier molecular flexibility index (Phi) is 7.40. The van der Waals surface area contributed by atoms with E-state index in [1.165, 1.54) is 5.56 Å². The highest BCUT2D eigenvalue weighted by Crippen LogP contribution is 2.38. The Morgan fingerprint density at radius 2 is 1.70 bits per heavy atom. The summed E-state index contributed by atoms with van der Waals surface area (Å²) >= 11 is 0. The Morgan fingerprint density at radius 3 is 2.42 bits per heavy atom. The van der Waals surface area contributed by atoms with Gasteiger partial charge in [-0.05, 0) is 59.9 Å². The molecule has 33 heavy (non-hydrogen) atoms. The van der Waals surface area contributed by atoms with Crippen molar-refractivity contribution in [3.05, 3.63) is 101 Å². The van der Waals surface area contributed by atoms with Crippen molar-refractivity contribution in [2.24, 2.45) is 0 Å². The number of fused-ring (bicyclic) bond motifs is 1. The summed E-state index contributed by atoms with van der Waals surface area (Å²) in [6.07, 6.45) is 3.84. The number of amides is 1. The number of aliphatic carboxylic acids is 1. The van der Waals surface area contributed by atoms with Crippen LogP contribution in [0, 0.1) is 0 Å². The first kappa shape index (κ1) is 22.6. The van der Waals surface area contributed by atoms with Gasteiger partial charge in [-0.2, -0.15) is 0 Å². The van der Waals surface area contributed by atoms with Gasteiger partial charge in [0.25, 0.3) is 0 Å². The minimum absolute atomic E-state index is 0.0227. The molecule has 5 nitrogen and oxygen atoms in total. The van der Waals surface area contributed by atoms with Crippen LogP contribution in [0.2, 0.25) is 0 Å². The zero-order valence-corrected chi connectivity index (χ0v) is 18.6. The third-order valence-corrected chi connectivity index (χ3v) is 6.19. The topological polar surface area (TPSA) is 75.6 Å². The van der Waals surface area contributed by atoms with Crippen LogP contribution < -0.4 is 10.1 Å². The van der Waals surface area contributed by atoms with Gasteiger partial charge in [-0.1, -0.05) is 72.8 Å². The molecule has 5 heteroatoms. The molecule has 0 fully saturated rings. The number of carbonyl (C=O) groups excluding carboxylic acids is 1. The van der Waals surface area contributed by atoms with Crippen molar-refractivity contribution < 1.29 is 19.4 Å². The second-order valence-corrected chi connectivity index (χ2v) is 8.52. The zero-order chi connectivity index (χ0) is 23.0. The van der Waals surface area contributed by atoms with E-state index in [0.717, 1.165) is 42.4 Å². The number of benzene rings is 3. The number of carboxylic acid groups (broad SMARTS) is 1. The molecule has 0 aliphatic heterocycles. The van der Waals surface area contributed by atoms with E-state index in [-0.39, 0.29) is 24.5 Å². The lowest BCUT2D eigenvalue weighted by molar-refractivity contribution is -0.139. The van der Waals surface area contributed by atoms with Gasteiger partial charge in [0, 0.05) is 6.42 Å². The second kappa shape index (κ2) is 10.8. The average molecular weight is 444 g/mol. The Balaban J connectivity index is 1.48. The molecule has 3 aromatic carbocycles. The van der Waals surface area contributed by atoms with Crippen LogP contribution >= 0.6 is 0 Å². The highest BCUT2D eigenvalue weighted by molar-refractivity contribution is 5.77. The van der Waals surface area contributed by atoms with Crippen LogP contribution in [-0.2, 0) is 22.4 Å². The first-order valence-electron chi connectivity index (χ1n) is 11.4. The Labute approximate surface area is 194 Å². The Hall–Kier alpha value is -3.60. The fourth-order valence-corrected chi connectivity index (χ4v) is 4.66. The number of carbonyl (C=O) groups is 2. The molecule has 0 radical (unpaired) electrons. The van der Waals surface area contributed by atoms with Crippen LogP contribution in [-0.4, -0.2) is 23.6 Å². The van der Waals surface area contributed by atoms with Crippen LogP contribution in [0.25, 0.3) is 0 Å². The molecule has 3 aromatic rings.